The van der Waals surface area contributed by atoms with Crippen molar-refractivity contribution >= 4 is 16.2 Å². The molecule has 0 saturated carbocycles. The first-order chi connectivity index (χ1) is 9.90. The van der Waals surface area contributed by atoms with E-state index in [1.807, 2.05) is 6.07 Å². The maximum Gasteiger partial charge on any atom is 0.276 e. The fourth-order valence-electron chi connectivity index (χ4n) is 1.79. The van der Waals surface area contributed by atoms with Crippen LogP contribution in [0.2, 0.25) is 0 Å². The molecule has 110 valence electrons. The van der Waals surface area contributed by atoms with Crippen LogP contribution in [0.5, 0.6) is 0 Å². The van der Waals surface area contributed by atoms with Gasteiger partial charge in [0.15, 0.2) is 0 Å². The summed E-state index contributed by atoms with van der Waals surface area (Å²) in [5.74, 6) is -0.466. The smallest absolute Gasteiger partial charge is 0.206 e. The highest BCUT2D eigenvalue weighted by molar-refractivity contribution is 7.89. The van der Waals surface area contributed by atoms with Crippen LogP contribution in [-0.4, -0.2) is 14.6 Å². The zero-order chi connectivity index (χ0) is 15.5. The van der Waals surface area contributed by atoms with Crippen LogP contribution in [0.25, 0.3) is 0 Å². The third-order valence-electron chi connectivity index (χ3n) is 2.91. The fourth-order valence-corrected chi connectivity index (χ4v) is 2.91. The van der Waals surface area contributed by atoms with Gasteiger partial charge in [0.2, 0.25) is 0 Å². The Morgan fingerprint density at radius 1 is 1.14 bits per heavy atom. The predicted octanol–water partition coefficient (Wildman–Crippen LogP) is 2.75. The van der Waals surface area contributed by atoms with Gasteiger partial charge in [-0.3, -0.25) is 0 Å². The van der Waals surface area contributed by atoms with Gasteiger partial charge in [-0.1, -0.05) is 30.3 Å². The molecule has 0 spiro atoms. The molecule has 0 heterocycles. The molecule has 2 aromatic carbocycles. The minimum Gasteiger partial charge on any atom is -0.206 e. The Balaban J connectivity index is 2.23. The quantitative estimate of drug-likeness (QED) is 0.697. The highest BCUT2D eigenvalue weighted by Crippen LogP contribution is 2.16. The molecule has 0 fully saturated rings. The summed E-state index contributed by atoms with van der Waals surface area (Å²) in [7, 11) is -3.77. The Labute approximate surface area is 123 Å². The van der Waals surface area contributed by atoms with Crippen LogP contribution in [0.3, 0.4) is 0 Å². The lowest BCUT2D eigenvalue weighted by Crippen LogP contribution is -2.19. The standard InChI is InChI=1S/C15H15FN2O2S/c1-11-7-8-12(2)15(9-11)21(19,20)18-17-10-13-5-3-4-6-14(13)16/h3-10,18H,1-2H3. The number of nitrogens with zero attached hydrogens (tertiary/aromatic N) is 1. The second-order valence-corrected chi connectivity index (χ2v) is 6.27. The van der Waals surface area contributed by atoms with Gasteiger partial charge in [0.05, 0.1) is 11.1 Å². The van der Waals surface area contributed by atoms with Crippen LogP contribution in [-0.2, 0) is 10.0 Å². The summed E-state index contributed by atoms with van der Waals surface area (Å²) in [6.07, 6.45) is 1.14. The van der Waals surface area contributed by atoms with Gasteiger partial charge in [-0.15, -0.1) is 0 Å². The van der Waals surface area contributed by atoms with Crippen LogP contribution < -0.4 is 4.83 Å². The molecule has 0 atom stereocenters. The van der Waals surface area contributed by atoms with Crippen LogP contribution >= 0.6 is 0 Å². The second-order valence-electron chi connectivity index (χ2n) is 4.64. The average Bonchev–Trinajstić information content (AvgIpc) is 2.43. The van der Waals surface area contributed by atoms with Gasteiger partial charge in [-0.05, 0) is 37.1 Å². The largest absolute Gasteiger partial charge is 0.276 e. The second kappa shape index (κ2) is 6.05. The molecular formula is C15H15FN2O2S. The number of hydrogen-bond donors (Lipinski definition) is 1. The summed E-state index contributed by atoms with van der Waals surface area (Å²) >= 11 is 0. The Morgan fingerprint density at radius 3 is 2.57 bits per heavy atom. The number of hydrogen-bond acceptors (Lipinski definition) is 3. The molecule has 0 aliphatic carbocycles. The topological polar surface area (TPSA) is 58.5 Å². The zero-order valence-corrected chi connectivity index (χ0v) is 12.5. The molecule has 0 aliphatic rings. The van der Waals surface area contributed by atoms with Gasteiger partial charge in [-0.2, -0.15) is 13.5 Å². The summed E-state index contributed by atoms with van der Waals surface area (Å²) in [6.45, 7) is 3.51. The number of aryl methyl sites for hydroxylation is 2. The highest BCUT2D eigenvalue weighted by atomic mass is 32.2. The summed E-state index contributed by atoms with van der Waals surface area (Å²) in [5, 5.41) is 3.62. The minimum atomic E-state index is -3.77. The first kappa shape index (κ1) is 15.2. The Bertz CT molecular complexity index is 786. The van der Waals surface area contributed by atoms with Crippen molar-refractivity contribution in [3.8, 4) is 0 Å². The molecule has 2 rings (SSSR count). The van der Waals surface area contributed by atoms with Crippen molar-refractivity contribution in [2.45, 2.75) is 18.7 Å². The molecule has 0 unspecified atom stereocenters. The van der Waals surface area contributed by atoms with Crippen molar-refractivity contribution < 1.29 is 12.8 Å². The van der Waals surface area contributed by atoms with E-state index in [0.717, 1.165) is 11.8 Å². The lowest BCUT2D eigenvalue weighted by Gasteiger charge is -2.07. The van der Waals surface area contributed by atoms with Crippen LogP contribution in [0.1, 0.15) is 16.7 Å². The van der Waals surface area contributed by atoms with Gasteiger partial charge < -0.3 is 0 Å². The maximum absolute atomic E-state index is 13.4. The molecule has 0 radical (unpaired) electrons. The van der Waals surface area contributed by atoms with Crippen molar-refractivity contribution in [3.05, 3.63) is 65.0 Å². The fraction of sp³-hybridized carbons (Fsp3) is 0.133. The van der Waals surface area contributed by atoms with E-state index in [1.165, 1.54) is 12.1 Å². The number of sulfonamides is 1. The van der Waals surface area contributed by atoms with Crippen molar-refractivity contribution in [2.75, 3.05) is 0 Å². The monoisotopic (exact) mass is 306 g/mol. The van der Waals surface area contributed by atoms with E-state index in [4.69, 9.17) is 0 Å². The Morgan fingerprint density at radius 2 is 1.86 bits per heavy atom. The van der Waals surface area contributed by atoms with Gasteiger partial charge in [-0.25, -0.2) is 9.22 Å². The third-order valence-corrected chi connectivity index (χ3v) is 4.28. The molecule has 0 saturated heterocycles. The number of rotatable bonds is 4. The number of nitrogens with one attached hydrogen (secondary N) is 1. The predicted molar refractivity (Wildman–Crippen MR) is 80.2 cm³/mol. The molecule has 0 amide bonds. The molecular weight excluding hydrogens is 291 g/mol. The van der Waals surface area contributed by atoms with Crippen molar-refractivity contribution in [1.82, 2.24) is 4.83 Å². The molecule has 0 aromatic heterocycles. The first-order valence-electron chi connectivity index (χ1n) is 6.27. The molecule has 4 nitrogen and oxygen atoms in total. The molecule has 6 heteroatoms. The number of hydrazone groups is 1. The first-order valence-corrected chi connectivity index (χ1v) is 7.75. The lowest BCUT2D eigenvalue weighted by molar-refractivity contribution is 0.583. The van der Waals surface area contributed by atoms with Gasteiger partial charge in [0, 0.05) is 5.56 Å². The van der Waals surface area contributed by atoms with Gasteiger partial charge in [0.25, 0.3) is 10.0 Å². The minimum absolute atomic E-state index is 0.160. The number of halogens is 1. The molecule has 1 N–H and O–H groups in total. The lowest BCUT2D eigenvalue weighted by atomic mass is 10.2. The third kappa shape index (κ3) is 3.66. The van der Waals surface area contributed by atoms with Crippen LogP contribution in [0.15, 0.2) is 52.5 Å². The van der Waals surface area contributed by atoms with E-state index in [0.29, 0.717) is 5.56 Å². The van der Waals surface area contributed by atoms with Gasteiger partial charge in [0.1, 0.15) is 5.82 Å². The van der Waals surface area contributed by atoms with E-state index in [1.54, 1.807) is 38.1 Å². The molecule has 2 aromatic rings. The van der Waals surface area contributed by atoms with Gasteiger partial charge >= 0.3 is 0 Å². The molecule has 0 aliphatic heterocycles. The van der Waals surface area contributed by atoms with Crippen molar-refractivity contribution in [1.29, 1.82) is 0 Å². The van der Waals surface area contributed by atoms with E-state index in [-0.39, 0.29) is 10.5 Å². The van der Waals surface area contributed by atoms with E-state index in [9.17, 15) is 12.8 Å². The van der Waals surface area contributed by atoms with Crippen molar-refractivity contribution in [2.24, 2.45) is 5.10 Å². The summed E-state index contributed by atoms with van der Waals surface area (Å²) < 4.78 is 37.7. The Hall–Kier alpha value is -2.21. The van der Waals surface area contributed by atoms with E-state index < -0.39 is 15.8 Å². The molecule has 21 heavy (non-hydrogen) atoms. The van der Waals surface area contributed by atoms with Crippen LogP contribution in [0, 0.1) is 19.7 Å². The highest BCUT2D eigenvalue weighted by Gasteiger charge is 2.15. The van der Waals surface area contributed by atoms with E-state index >= 15 is 0 Å². The van der Waals surface area contributed by atoms with E-state index in [2.05, 4.69) is 9.93 Å². The summed E-state index contributed by atoms with van der Waals surface area (Å²) in [6, 6.07) is 11.1. The number of benzene rings is 2. The zero-order valence-electron chi connectivity index (χ0n) is 11.7. The summed E-state index contributed by atoms with van der Waals surface area (Å²) in [5.41, 5.74) is 1.66. The SMILES string of the molecule is Cc1ccc(C)c(S(=O)(=O)NN=Cc2ccccc2F)c1. The molecule has 0 bridgehead atoms. The average molecular weight is 306 g/mol. The Kier molecular flexibility index (Phi) is 4.37. The van der Waals surface area contributed by atoms with Crippen LogP contribution in [0.4, 0.5) is 4.39 Å². The normalized spacial score (nSPS) is 11.8. The summed E-state index contributed by atoms with van der Waals surface area (Å²) in [4.78, 5) is 2.25. The van der Waals surface area contributed by atoms with Crippen molar-refractivity contribution in [3.63, 3.8) is 0 Å². The maximum atomic E-state index is 13.4.